The maximum atomic E-state index is 12.3. The van der Waals surface area contributed by atoms with Crippen LogP contribution in [-0.4, -0.2) is 53.1 Å². The predicted molar refractivity (Wildman–Crippen MR) is 76.0 cm³/mol. The second-order valence-corrected chi connectivity index (χ2v) is 7.91. The summed E-state index contributed by atoms with van der Waals surface area (Å²) in [5.41, 5.74) is 1.07. The lowest BCUT2D eigenvalue weighted by atomic mass is 10.2. The van der Waals surface area contributed by atoms with Gasteiger partial charge in [0.05, 0.1) is 18.8 Å². The molecule has 2 atom stereocenters. The zero-order valence-electron chi connectivity index (χ0n) is 12.1. The van der Waals surface area contributed by atoms with Gasteiger partial charge in [-0.15, -0.1) is 0 Å². The van der Waals surface area contributed by atoms with E-state index in [2.05, 4.69) is 5.10 Å². The van der Waals surface area contributed by atoms with Crippen LogP contribution in [-0.2, 0) is 21.2 Å². The van der Waals surface area contributed by atoms with Crippen molar-refractivity contribution < 1.29 is 13.2 Å². The molecule has 2 heterocycles. The van der Waals surface area contributed by atoms with Crippen molar-refractivity contribution in [3.63, 3.8) is 0 Å². The Kier molecular flexibility index (Phi) is 4.17. The van der Waals surface area contributed by atoms with Gasteiger partial charge in [0.25, 0.3) is 0 Å². The summed E-state index contributed by atoms with van der Waals surface area (Å²) >= 11 is 0. The maximum Gasteiger partial charge on any atom is 0.240 e. The van der Waals surface area contributed by atoms with E-state index in [1.807, 2.05) is 17.8 Å². The Hall–Kier alpha value is -1.37. The summed E-state index contributed by atoms with van der Waals surface area (Å²) in [7, 11) is -3.35. The number of sulfone groups is 1. The minimum Gasteiger partial charge on any atom is -0.337 e. The van der Waals surface area contributed by atoms with Gasteiger partial charge in [-0.3, -0.25) is 9.48 Å². The number of rotatable bonds is 4. The summed E-state index contributed by atoms with van der Waals surface area (Å²) in [6.07, 6.45) is 6.62. The summed E-state index contributed by atoms with van der Waals surface area (Å²) in [6.45, 7) is 4.68. The van der Waals surface area contributed by atoms with Crippen LogP contribution in [0, 0.1) is 6.92 Å². The van der Waals surface area contributed by atoms with Crippen LogP contribution >= 0.6 is 0 Å². The van der Waals surface area contributed by atoms with Crippen molar-refractivity contribution in [1.82, 2.24) is 14.7 Å². The highest BCUT2D eigenvalue weighted by Crippen LogP contribution is 2.21. The average Bonchev–Trinajstić information content (AvgIpc) is 2.96. The van der Waals surface area contributed by atoms with Gasteiger partial charge in [-0.25, -0.2) is 8.42 Å². The first-order valence-electron chi connectivity index (χ1n) is 6.77. The standard InChI is InChI=1S/C13H21N3O3S/c1-10-7-14-15(8-10)9-12-5-4-6-16(12)13(17)11(2)20(3,18)19/h7-8,11-12H,4-6,9H2,1-3H3/t11-,12-/m1/s1. The number of nitrogens with zero attached hydrogens (tertiary/aromatic N) is 3. The lowest BCUT2D eigenvalue weighted by molar-refractivity contribution is -0.131. The quantitative estimate of drug-likeness (QED) is 0.817. The first kappa shape index (κ1) is 15.0. The Morgan fingerprint density at radius 3 is 2.80 bits per heavy atom. The second-order valence-electron chi connectivity index (χ2n) is 5.54. The van der Waals surface area contributed by atoms with E-state index in [-0.39, 0.29) is 11.9 Å². The number of aryl methyl sites for hydroxylation is 1. The summed E-state index contributed by atoms with van der Waals surface area (Å²) in [5.74, 6) is -0.293. The zero-order valence-corrected chi connectivity index (χ0v) is 12.9. The van der Waals surface area contributed by atoms with Crippen LogP contribution in [0.4, 0.5) is 0 Å². The van der Waals surface area contributed by atoms with Crippen molar-refractivity contribution in [3.05, 3.63) is 18.0 Å². The van der Waals surface area contributed by atoms with Gasteiger partial charge in [-0.05, 0) is 32.3 Å². The first-order chi connectivity index (χ1) is 9.29. The molecule has 1 aliphatic rings. The molecule has 20 heavy (non-hydrogen) atoms. The molecule has 0 radical (unpaired) electrons. The smallest absolute Gasteiger partial charge is 0.240 e. The highest BCUT2D eigenvalue weighted by Gasteiger charge is 2.35. The van der Waals surface area contributed by atoms with E-state index in [0.717, 1.165) is 24.7 Å². The number of carbonyl (C=O) groups is 1. The Morgan fingerprint density at radius 1 is 1.55 bits per heavy atom. The highest BCUT2D eigenvalue weighted by atomic mass is 32.2. The van der Waals surface area contributed by atoms with Gasteiger partial charge in [0.1, 0.15) is 5.25 Å². The SMILES string of the molecule is Cc1cnn(C[C@H]2CCCN2C(=O)[C@@H](C)S(C)(=O)=O)c1. The van der Waals surface area contributed by atoms with Gasteiger partial charge in [-0.1, -0.05) is 0 Å². The van der Waals surface area contributed by atoms with Crippen LogP contribution in [0.1, 0.15) is 25.3 Å². The van der Waals surface area contributed by atoms with Crippen molar-refractivity contribution in [2.75, 3.05) is 12.8 Å². The molecular weight excluding hydrogens is 278 g/mol. The van der Waals surface area contributed by atoms with E-state index < -0.39 is 15.1 Å². The molecule has 1 aromatic heterocycles. The van der Waals surface area contributed by atoms with Crippen molar-refractivity contribution >= 4 is 15.7 Å². The van der Waals surface area contributed by atoms with E-state index in [1.165, 1.54) is 6.92 Å². The molecule has 1 fully saturated rings. The normalized spacial score (nSPS) is 21.1. The van der Waals surface area contributed by atoms with Crippen LogP contribution in [0.3, 0.4) is 0 Å². The van der Waals surface area contributed by atoms with Crippen LogP contribution in [0.2, 0.25) is 0 Å². The molecule has 0 aromatic carbocycles. The minimum absolute atomic E-state index is 0.0333. The van der Waals surface area contributed by atoms with Crippen molar-refractivity contribution in [1.29, 1.82) is 0 Å². The number of hydrogen-bond donors (Lipinski definition) is 0. The van der Waals surface area contributed by atoms with Crippen molar-refractivity contribution in [3.8, 4) is 0 Å². The number of aromatic nitrogens is 2. The molecule has 0 spiro atoms. The van der Waals surface area contributed by atoms with Crippen LogP contribution < -0.4 is 0 Å². The van der Waals surface area contributed by atoms with E-state index in [0.29, 0.717) is 13.1 Å². The fourth-order valence-corrected chi connectivity index (χ4v) is 3.02. The van der Waals surface area contributed by atoms with Gasteiger partial charge in [0.15, 0.2) is 9.84 Å². The molecule has 0 N–H and O–H groups in total. The Morgan fingerprint density at radius 2 is 2.25 bits per heavy atom. The predicted octanol–water partition coefficient (Wildman–Crippen LogP) is 0.616. The highest BCUT2D eigenvalue weighted by molar-refractivity contribution is 7.92. The summed E-state index contributed by atoms with van der Waals surface area (Å²) in [5, 5.41) is 3.26. The van der Waals surface area contributed by atoms with E-state index >= 15 is 0 Å². The summed E-state index contributed by atoms with van der Waals surface area (Å²) < 4.78 is 24.9. The Balaban J connectivity index is 2.09. The van der Waals surface area contributed by atoms with Crippen molar-refractivity contribution in [2.45, 2.75) is 44.5 Å². The molecule has 0 saturated carbocycles. The van der Waals surface area contributed by atoms with E-state index in [4.69, 9.17) is 0 Å². The molecule has 1 saturated heterocycles. The number of carbonyl (C=O) groups excluding carboxylic acids is 1. The largest absolute Gasteiger partial charge is 0.337 e. The lowest BCUT2D eigenvalue weighted by Crippen LogP contribution is -2.45. The third-order valence-electron chi connectivity index (χ3n) is 3.81. The third-order valence-corrected chi connectivity index (χ3v) is 5.30. The fraction of sp³-hybridized carbons (Fsp3) is 0.692. The van der Waals surface area contributed by atoms with Gasteiger partial charge < -0.3 is 4.90 Å². The monoisotopic (exact) mass is 299 g/mol. The number of hydrogen-bond acceptors (Lipinski definition) is 4. The Bertz CT molecular complexity index is 594. The molecule has 1 aromatic rings. The second kappa shape index (κ2) is 5.55. The van der Waals surface area contributed by atoms with Crippen LogP contribution in [0.25, 0.3) is 0 Å². The van der Waals surface area contributed by atoms with Crippen LogP contribution in [0.15, 0.2) is 12.4 Å². The Labute approximate surface area is 119 Å². The average molecular weight is 299 g/mol. The zero-order chi connectivity index (χ0) is 14.9. The van der Waals surface area contributed by atoms with Gasteiger partial charge in [0.2, 0.25) is 5.91 Å². The number of likely N-dealkylation sites (tertiary alicyclic amines) is 1. The molecule has 112 valence electrons. The molecule has 0 unspecified atom stereocenters. The van der Waals surface area contributed by atoms with Gasteiger partial charge in [0, 0.05) is 19.0 Å². The third kappa shape index (κ3) is 3.20. The lowest BCUT2D eigenvalue weighted by Gasteiger charge is -2.26. The van der Waals surface area contributed by atoms with Gasteiger partial charge in [-0.2, -0.15) is 5.10 Å². The molecule has 7 heteroatoms. The van der Waals surface area contributed by atoms with E-state index in [9.17, 15) is 13.2 Å². The molecule has 0 aliphatic carbocycles. The molecule has 6 nitrogen and oxygen atoms in total. The van der Waals surface area contributed by atoms with E-state index in [1.54, 1.807) is 11.1 Å². The van der Waals surface area contributed by atoms with Crippen LogP contribution in [0.5, 0.6) is 0 Å². The maximum absolute atomic E-state index is 12.3. The molecule has 1 aliphatic heterocycles. The minimum atomic E-state index is -3.35. The molecular formula is C13H21N3O3S. The van der Waals surface area contributed by atoms with Crippen molar-refractivity contribution in [2.24, 2.45) is 0 Å². The fourth-order valence-electron chi connectivity index (χ4n) is 2.52. The topological polar surface area (TPSA) is 72.3 Å². The summed E-state index contributed by atoms with van der Waals surface area (Å²) in [4.78, 5) is 14.0. The molecule has 0 bridgehead atoms. The summed E-state index contributed by atoms with van der Waals surface area (Å²) in [6, 6.07) is 0.0333. The number of amides is 1. The molecule has 2 rings (SSSR count). The van der Waals surface area contributed by atoms with Gasteiger partial charge >= 0.3 is 0 Å². The molecule has 1 amide bonds. The first-order valence-corrected chi connectivity index (χ1v) is 8.73.